The third-order valence-electron chi connectivity index (χ3n) is 3.51. The predicted octanol–water partition coefficient (Wildman–Crippen LogP) is 2.46. The number of nitrogens with zero attached hydrogens (tertiary/aromatic N) is 3. The van der Waals surface area contributed by atoms with E-state index < -0.39 is 0 Å². The van der Waals surface area contributed by atoms with E-state index >= 15 is 0 Å². The van der Waals surface area contributed by atoms with Crippen molar-refractivity contribution in [1.29, 1.82) is 0 Å². The maximum Gasteiger partial charge on any atom is 0.149 e. The summed E-state index contributed by atoms with van der Waals surface area (Å²) in [5.74, 6) is 2.28. The third-order valence-corrected chi connectivity index (χ3v) is 3.51. The molecule has 4 nitrogen and oxygen atoms in total. The molecule has 0 radical (unpaired) electrons. The molecule has 0 aromatic carbocycles. The fourth-order valence-electron chi connectivity index (χ4n) is 2.45. The summed E-state index contributed by atoms with van der Waals surface area (Å²) in [4.78, 5) is 0. The van der Waals surface area contributed by atoms with Crippen molar-refractivity contribution in [2.75, 3.05) is 6.54 Å². The molecule has 0 aliphatic carbocycles. The molecule has 2 rings (SSSR count). The van der Waals surface area contributed by atoms with Crippen LogP contribution in [0.4, 0.5) is 0 Å². The van der Waals surface area contributed by atoms with Gasteiger partial charge in [0.05, 0.1) is 6.04 Å². The molecule has 1 aromatic heterocycles. The van der Waals surface area contributed by atoms with E-state index in [1.165, 1.54) is 37.9 Å². The first-order valence-electron chi connectivity index (χ1n) is 6.98. The second-order valence-electron chi connectivity index (χ2n) is 4.97. The lowest BCUT2D eigenvalue weighted by Gasteiger charge is -2.13. The average Bonchev–Trinajstić information content (AvgIpc) is 2.90. The zero-order valence-electron chi connectivity index (χ0n) is 11.1. The summed E-state index contributed by atoms with van der Waals surface area (Å²) < 4.78 is 2.28. The highest BCUT2D eigenvalue weighted by Crippen LogP contribution is 2.18. The largest absolute Gasteiger partial charge is 0.314 e. The van der Waals surface area contributed by atoms with Crippen LogP contribution in [0.25, 0.3) is 0 Å². The van der Waals surface area contributed by atoms with Crippen LogP contribution in [0, 0.1) is 0 Å². The Labute approximate surface area is 104 Å². The number of unbranched alkanes of at least 4 members (excludes halogenated alkanes) is 3. The molecule has 4 heteroatoms. The molecule has 1 N–H and O–H groups in total. The van der Waals surface area contributed by atoms with E-state index in [1.807, 2.05) is 0 Å². The molecule has 1 unspecified atom stereocenters. The minimum absolute atomic E-state index is 0.330. The standard InChI is InChI=1S/C13H24N4/c1-3-4-5-6-9-14-11(2)13-16-15-12-8-7-10-17(12)13/h11,14H,3-10H2,1-2H3. The Balaban J connectivity index is 1.77. The van der Waals surface area contributed by atoms with E-state index in [-0.39, 0.29) is 0 Å². The van der Waals surface area contributed by atoms with Crippen LogP contribution in [0.15, 0.2) is 0 Å². The van der Waals surface area contributed by atoms with Crippen LogP contribution in [0.3, 0.4) is 0 Å². The Morgan fingerprint density at radius 3 is 3.00 bits per heavy atom. The van der Waals surface area contributed by atoms with Gasteiger partial charge >= 0.3 is 0 Å². The van der Waals surface area contributed by atoms with Gasteiger partial charge in [-0.1, -0.05) is 26.2 Å². The molecule has 0 spiro atoms. The van der Waals surface area contributed by atoms with Crippen LogP contribution in [-0.4, -0.2) is 21.3 Å². The molecule has 1 aliphatic rings. The monoisotopic (exact) mass is 236 g/mol. The summed E-state index contributed by atoms with van der Waals surface area (Å²) in [7, 11) is 0. The molecule has 96 valence electrons. The molecule has 0 saturated heterocycles. The maximum atomic E-state index is 4.30. The highest BCUT2D eigenvalue weighted by molar-refractivity contribution is 5.03. The van der Waals surface area contributed by atoms with Crippen LogP contribution in [-0.2, 0) is 13.0 Å². The van der Waals surface area contributed by atoms with Crippen molar-refractivity contribution in [3.05, 3.63) is 11.6 Å². The quantitative estimate of drug-likeness (QED) is 0.739. The van der Waals surface area contributed by atoms with Gasteiger partial charge < -0.3 is 9.88 Å². The van der Waals surface area contributed by atoms with Gasteiger partial charge in [0.2, 0.25) is 0 Å². The lowest BCUT2D eigenvalue weighted by Crippen LogP contribution is -2.23. The van der Waals surface area contributed by atoms with Gasteiger partial charge in [-0.05, 0) is 26.3 Å². The average molecular weight is 236 g/mol. The number of nitrogens with one attached hydrogen (secondary N) is 1. The number of rotatable bonds is 7. The fourth-order valence-corrected chi connectivity index (χ4v) is 2.45. The van der Waals surface area contributed by atoms with Crippen LogP contribution >= 0.6 is 0 Å². The lowest BCUT2D eigenvalue weighted by molar-refractivity contribution is 0.497. The first-order valence-corrected chi connectivity index (χ1v) is 6.98. The smallest absolute Gasteiger partial charge is 0.149 e. The van der Waals surface area contributed by atoms with E-state index in [2.05, 4.69) is 33.9 Å². The molecule has 0 fully saturated rings. The maximum absolute atomic E-state index is 4.30. The summed E-state index contributed by atoms with van der Waals surface area (Å²) in [6.45, 7) is 6.62. The van der Waals surface area contributed by atoms with Crippen molar-refractivity contribution < 1.29 is 0 Å². The molecule has 1 atom stereocenters. The summed E-state index contributed by atoms with van der Waals surface area (Å²) in [5, 5.41) is 12.1. The third kappa shape index (κ3) is 3.06. The first kappa shape index (κ1) is 12.6. The molecule has 1 aliphatic heterocycles. The summed E-state index contributed by atoms with van der Waals surface area (Å²) >= 11 is 0. The van der Waals surface area contributed by atoms with Crippen LogP contribution in [0.2, 0.25) is 0 Å². The topological polar surface area (TPSA) is 42.7 Å². The zero-order valence-corrected chi connectivity index (χ0v) is 11.1. The van der Waals surface area contributed by atoms with Crippen molar-refractivity contribution in [3.8, 4) is 0 Å². The van der Waals surface area contributed by atoms with Crippen LogP contribution < -0.4 is 5.32 Å². The number of aryl methyl sites for hydroxylation is 1. The summed E-state index contributed by atoms with van der Waals surface area (Å²) in [5.41, 5.74) is 0. The van der Waals surface area contributed by atoms with Crippen molar-refractivity contribution in [2.45, 2.75) is 65.0 Å². The number of fused-ring (bicyclic) bond motifs is 1. The van der Waals surface area contributed by atoms with Gasteiger partial charge in [-0.2, -0.15) is 0 Å². The van der Waals surface area contributed by atoms with E-state index in [0.717, 1.165) is 25.3 Å². The Bertz CT molecular complexity index is 345. The SMILES string of the molecule is CCCCCCNC(C)c1nnc2n1CCC2. The number of aromatic nitrogens is 3. The number of hydrogen-bond acceptors (Lipinski definition) is 3. The van der Waals surface area contributed by atoms with Crippen LogP contribution in [0.1, 0.15) is 63.6 Å². The Morgan fingerprint density at radius 1 is 1.29 bits per heavy atom. The fraction of sp³-hybridized carbons (Fsp3) is 0.846. The van der Waals surface area contributed by atoms with Crippen LogP contribution in [0.5, 0.6) is 0 Å². The molecule has 0 bridgehead atoms. The summed E-state index contributed by atoms with van der Waals surface area (Å²) in [6, 6.07) is 0.330. The van der Waals surface area contributed by atoms with Crippen molar-refractivity contribution >= 4 is 0 Å². The van der Waals surface area contributed by atoms with Gasteiger partial charge in [0, 0.05) is 13.0 Å². The van der Waals surface area contributed by atoms with Crippen molar-refractivity contribution in [1.82, 2.24) is 20.1 Å². The Morgan fingerprint density at radius 2 is 2.18 bits per heavy atom. The highest BCUT2D eigenvalue weighted by Gasteiger charge is 2.20. The van der Waals surface area contributed by atoms with Gasteiger partial charge in [-0.15, -0.1) is 10.2 Å². The first-order chi connectivity index (χ1) is 8.33. The summed E-state index contributed by atoms with van der Waals surface area (Å²) in [6.07, 6.45) is 7.55. The van der Waals surface area contributed by atoms with E-state index in [9.17, 15) is 0 Å². The minimum atomic E-state index is 0.330. The van der Waals surface area contributed by atoms with Crippen molar-refractivity contribution in [3.63, 3.8) is 0 Å². The molecule has 1 aromatic rings. The molecule has 2 heterocycles. The van der Waals surface area contributed by atoms with Gasteiger partial charge in [-0.3, -0.25) is 0 Å². The molecule has 0 amide bonds. The zero-order chi connectivity index (χ0) is 12.1. The van der Waals surface area contributed by atoms with Gasteiger partial charge in [-0.25, -0.2) is 0 Å². The minimum Gasteiger partial charge on any atom is -0.314 e. The van der Waals surface area contributed by atoms with Gasteiger partial charge in [0.1, 0.15) is 11.6 Å². The number of hydrogen-bond donors (Lipinski definition) is 1. The van der Waals surface area contributed by atoms with E-state index in [4.69, 9.17) is 0 Å². The normalized spacial score (nSPS) is 16.1. The second kappa shape index (κ2) is 6.15. The van der Waals surface area contributed by atoms with Gasteiger partial charge in [0.25, 0.3) is 0 Å². The molecule has 0 saturated carbocycles. The Kier molecular flexibility index (Phi) is 4.54. The van der Waals surface area contributed by atoms with E-state index in [0.29, 0.717) is 6.04 Å². The lowest BCUT2D eigenvalue weighted by atomic mass is 10.2. The molecular weight excluding hydrogens is 212 g/mol. The van der Waals surface area contributed by atoms with Gasteiger partial charge in [0.15, 0.2) is 0 Å². The van der Waals surface area contributed by atoms with Crippen molar-refractivity contribution in [2.24, 2.45) is 0 Å². The van der Waals surface area contributed by atoms with E-state index in [1.54, 1.807) is 0 Å². The second-order valence-corrected chi connectivity index (χ2v) is 4.97. The highest BCUT2D eigenvalue weighted by atomic mass is 15.3. The Hall–Kier alpha value is -0.900. The molecular formula is C13H24N4. The predicted molar refractivity (Wildman–Crippen MR) is 68.9 cm³/mol. The molecule has 17 heavy (non-hydrogen) atoms.